The fourth-order valence-electron chi connectivity index (χ4n) is 13.2. The zero-order chi connectivity index (χ0) is 75.3. The summed E-state index contributed by atoms with van der Waals surface area (Å²) in [5.74, 6) is -2.10. The second kappa shape index (κ2) is 78.2. The van der Waals surface area contributed by atoms with Crippen LogP contribution in [0, 0.1) is 0 Å². The average Bonchev–Trinajstić information content (AvgIpc) is 0.924. The number of carbonyl (C=O) groups is 4. The van der Waals surface area contributed by atoms with Gasteiger partial charge in [0.05, 0.1) is 26.4 Å². The Balaban J connectivity index is 5.19. The highest BCUT2D eigenvalue weighted by Gasteiger charge is 2.30. The van der Waals surface area contributed by atoms with E-state index in [0.717, 1.165) is 89.9 Å². The van der Waals surface area contributed by atoms with Crippen molar-refractivity contribution >= 4 is 39.5 Å². The van der Waals surface area contributed by atoms with Gasteiger partial charge in [-0.05, 0) is 25.7 Å². The number of phosphoric acid groups is 2. The number of aliphatic hydroxyl groups excluding tert-OH is 1. The van der Waals surface area contributed by atoms with E-state index < -0.39 is 97.5 Å². The quantitative estimate of drug-likeness (QED) is 0.0222. The number of hydrogen-bond acceptors (Lipinski definition) is 15. The molecule has 17 nitrogen and oxygen atoms in total. The zero-order valence-corrected chi connectivity index (χ0v) is 69.1. The first-order valence-electron chi connectivity index (χ1n) is 43.8. The van der Waals surface area contributed by atoms with Crippen LogP contribution in [0.1, 0.15) is 458 Å². The van der Waals surface area contributed by atoms with Gasteiger partial charge < -0.3 is 33.8 Å². The first kappa shape index (κ1) is 101. The molecular weight excluding hydrogens is 1340 g/mol. The molecule has 0 fully saturated rings. The summed E-state index contributed by atoms with van der Waals surface area (Å²) < 4.78 is 68.8. The predicted octanol–water partition coefficient (Wildman–Crippen LogP) is 25.7. The third-order valence-electron chi connectivity index (χ3n) is 19.9. The largest absolute Gasteiger partial charge is 0.472 e. The minimum absolute atomic E-state index is 0.109. The molecular formula is C84H164O17P2. The van der Waals surface area contributed by atoms with Crippen LogP contribution in [0.5, 0.6) is 0 Å². The molecule has 19 heteroatoms. The Morgan fingerprint density at radius 3 is 0.573 bits per heavy atom. The van der Waals surface area contributed by atoms with Crippen LogP contribution in [0.15, 0.2) is 0 Å². The lowest BCUT2D eigenvalue weighted by Crippen LogP contribution is -2.30. The van der Waals surface area contributed by atoms with Crippen LogP contribution in [-0.4, -0.2) is 96.7 Å². The lowest BCUT2D eigenvalue weighted by Gasteiger charge is -2.21. The second-order valence-electron chi connectivity index (χ2n) is 30.2. The molecule has 5 atom stereocenters. The lowest BCUT2D eigenvalue weighted by atomic mass is 10.0. The van der Waals surface area contributed by atoms with E-state index in [9.17, 15) is 43.2 Å². The van der Waals surface area contributed by atoms with Crippen LogP contribution >= 0.6 is 15.6 Å². The normalized spacial score (nSPS) is 13.7. The van der Waals surface area contributed by atoms with Crippen molar-refractivity contribution in [3.63, 3.8) is 0 Å². The Morgan fingerprint density at radius 1 is 0.233 bits per heavy atom. The molecule has 0 amide bonds. The van der Waals surface area contributed by atoms with Crippen molar-refractivity contribution in [3.8, 4) is 0 Å². The van der Waals surface area contributed by atoms with E-state index in [1.165, 1.54) is 289 Å². The maximum absolute atomic E-state index is 13.1. The number of esters is 4. The number of rotatable bonds is 85. The number of hydrogen-bond donors (Lipinski definition) is 3. The molecule has 0 saturated carbocycles. The van der Waals surface area contributed by atoms with Gasteiger partial charge in [-0.1, -0.05) is 407 Å². The number of phosphoric ester groups is 2. The highest BCUT2D eigenvalue weighted by atomic mass is 31.2. The molecule has 0 aliphatic rings. The molecule has 0 heterocycles. The van der Waals surface area contributed by atoms with Crippen molar-refractivity contribution in [2.45, 2.75) is 476 Å². The number of carbonyl (C=O) groups excluding carboxylic acids is 4. The SMILES string of the molecule is CCCCCCCCCCCCCCCCCCCCCCCCC(=O)O[C@H](COC(=O)CCCCCCCCCCCCCCCCCCCC)COP(=O)(O)OC[C@@H](O)COP(=O)(O)OC[C@@H](COC(=O)CCCCCCCCCCC)OC(=O)CCCCCCCCCCCCCCCC. The molecule has 0 aliphatic carbocycles. The third-order valence-corrected chi connectivity index (χ3v) is 21.8. The Kier molecular flexibility index (Phi) is 76.7. The van der Waals surface area contributed by atoms with Crippen LogP contribution < -0.4 is 0 Å². The molecule has 0 bridgehead atoms. The molecule has 103 heavy (non-hydrogen) atoms. The highest BCUT2D eigenvalue weighted by molar-refractivity contribution is 7.47. The van der Waals surface area contributed by atoms with Gasteiger partial charge in [0.15, 0.2) is 12.2 Å². The first-order chi connectivity index (χ1) is 50.2. The number of unbranched alkanes of at least 4 members (excludes halogenated alkanes) is 59. The van der Waals surface area contributed by atoms with Crippen molar-refractivity contribution in [1.82, 2.24) is 0 Å². The van der Waals surface area contributed by atoms with E-state index in [1.807, 2.05) is 0 Å². The van der Waals surface area contributed by atoms with Gasteiger partial charge in [-0.3, -0.25) is 37.3 Å². The predicted molar refractivity (Wildman–Crippen MR) is 423 cm³/mol. The van der Waals surface area contributed by atoms with Crippen LogP contribution in [0.4, 0.5) is 0 Å². The maximum atomic E-state index is 13.1. The van der Waals surface area contributed by atoms with Crippen molar-refractivity contribution in [1.29, 1.82) is 0 Å². The molecule has 0 aromatic rings. The van der Waals surface area contributed by atoms with Gasteiger partial charge in [-0.25, -0.2) is 9.13 Å². The van der Waals surface area contributed by atoms with E-state index >= 15 is 0 Å². The van der Waals surface area contributed by atoms with Gasteiger partial charge in [0, 0.05) is 25.7 Å². The summed E-state index contributed by atoms with van der Waals surface area (Å²) >= 11 is 0. The topological polar surface area (TPSA) is 237 Å². The van der Waals surface area contributed by atoms with Gasteiger partial charge in [-0.15, -0.1) is 0 Å². The minimum atomic E-state index is -4.96. The number of ether oxygens (including phenoxy) is 4. The molecule has 0 radical (unpaired) electrons. The summed E-state index contributed by atoms with van der Waals surface area (Å²) in [6.45, 7) is 5.03. The number of aliphatic hydroxyl groups is 1. The monoisotopic (exact) mass is 1510 g/mol. The van der Waals surface area contributed by atoms with Crippen LogP contribution in [0.25, 0.3) is 0 Å². The Morgan fingerprint density at radius 2 is 0.388 bits per heavy atom. The summed E-state index contributed by atoms with van der Waals surface area (Å²) in [6, 6.07) is 0. The summed E-state index contributed by atoms with van der Waals surface area (Å²) in [5.41, 5.74) is 0. The van der Waals surface area contributed by atoms with Gasteiger partial charge in [0.1, 0.15) is 19.3 Å². The van der Waals surface area contributed by atoms with E-state index in [4.69, 9.17) is 37.0 Å². The van der Waals surface area contributed by atoms with E-state index in [2.05, 4.69) is 27.7 Å². The zero-order valence-electron chi connectivity index (χ0n) is 67.3. The fourth-order valence-corrected chi connectivity index (χ4v) is 14.7. The third kappa shape index (κ3) is 78.0. The lowest BCUT2D eigenvalue weighted by molar-refractivity contribution is -0.161. The molecule has 0 aromatic heterocycles. The van der Waals surface area contributed by atoms with E-state index in [0.29, 0.717) is 25.7 Å². The summed E-state index contributed by atoms with van der Waals surface area (Å²) in [4.78, 5) is 73.1. The van der Waals surface area contributed by atoms with Crippen molar-refractivity contribution in [2.75, 3.05) is 39.6 Å². The molecule has 2 unspecified atom stereocenters. The molecule has 612 valence electrons. The van der Waals surface area contributed by atoms with Crippen LogP contribution in [0.3, 0.4) is 0 Å². The van der Waals surface area contributed by atoms with Crippen molar-refractivity contribution < 1.29 is 80.2 Å². The van der Waals surface area contributed by atoms with E-state index in [1.54, 1.807) is 0 Å². The van der Waals surface area contributed by atoms with Crippen molar-refractivity contribution in [3.05, 3.63) is 0 Å². The molecule has 0 saturated heterocycles. The van der Waals surface area contributed by atoms with Crippen LogP contribution in [-0.2, 0) is 65.4 Å². The summed E-state index contributed by atoms with van der Waals surface area (Å²) in [5, 5.41) is 10.7. The van der Waals surface area contributed by atoms with Crippen LogP contribution in [0.2, 0.25) is 0 Å². The Hall–Kier alpha value is -1.94. The molecule has 0 rings (SSSR count). The maximum Gasteiger partial charge on any atom is 0.472 e. The minimum Gasteiger partial charge on any atom is -0.462 e. The van der Waals surface area contributed by atoms with Gasteiger partial charge in [0.2, 0.25) is 0 Å². The van der Waals surface area contributed by atoms with Crippen molar-refractivity contribution in [2.24, 2.45) is 0 Å². The molecule has 3 N–H and O–H groups in total. The Labute approximate surface area is 632 Å². The average molecular weight is 1510 g/mol. The summed E-state index contributed by atoms with van der Waals surface area (Å²) in [7, 11) is -9.92. The summed E-state index contributed by atoms with van der Waals surface area (Å²) in [6.07, 6.45) is 72.3. The fraction of sp³-hybridized carbons (Fsp3) is 0.952. The standard InChI is InChI=1S/C84H164O17P2/c1-5-9-13-17-21-25-28-31-34-36-38-39-40-41-43-45-48-51-55-59-63-67-71-84(89)101-80(75-95-82(87)69-65-61-57-53-49-47-44-42-37-35-32-29-26-22-18-14-10-6-2)77-99-103(92,93)97-73-78(85)72-96-102(90,91)98-76-79(74-94-81(86)68-64-60-56-52-24-20-16-12-8-4)100-83(88)70-66-62-58-54-50-46-33-30-27-23-19-15-11-7-3/h78-80,85H,5-77H2,1-4H3,(H,90,91)(H,92,93)/t78-,79+,80+/m0/s1. The van der Waals surface area contributed by atoms with Gasteiger partial charge >= 0.3 is 39.5 Å². The van der Waals surface area contributed by atoms with Gasteiger partial charge in [-0.2, -0.15) is 0 Å². The molecule has 0 aromatic carbocycles. The first-order valence-corrected chi connectivity index (χ1v) is 46.8. The molecule has 0 aliphatic heterocycles. The Bertz CT molecular complexity index is 1950. The smallest absolute Gasteiger partial charge is 0.462 e. The highest BCUT2D eigenvalue weighted by Crippen LogP contribution is 2.45. The van der Waals surface area contributed by atoms with Gasteiger partial charge in [0.25, 0.3) is 0 Å². The molecule has 0 spiro atoms. The van der Waals surface area contributed by atoms with E-state index in [-0.39, 0.29) is 25.7 Å². The second-order valence-corrected chi connectivity index (χ2v) is 33.1.